The van der Waals surface area contributed by atoms with E-state index >= 15 is 0 Å². The molecule has 2 N–H and O–H groups in total. The molecule has 0 aliphatic heterocycles. The van der Waals surface area contributed by atoms with Crippen LogP contribution in [0.2, 0.25) is 0 Å². The molecule has 5 heteroatoms. The molecule has 1 aromatic heterocycles. The highest BCUT2D eigenvalue weighted by Crippen LogP contribution is 2.10. The molecule has 0 bridgehead atoms. The largest absolute Gasteiger partial charge is 0.480 e. The highest BCUT2D eigenvalue weighted by atomic mass is 32.1. The summed E-state index contributed by atoms with van der Waals surface area (Å²) in [5.74, 6) is -0.850. The number of carbonyl (C=O) groups is 1. The van der Waals surface area contributed by atoms with Crippen LogP contribution in [0, 0.1) is 0 Å². The minimum atomic E-state index is -0.850. The fourth-order valence-electron chi connectivity index (χ4n) is 0.781. The molecular weight excluding hydrogens is 176 g/mol. The molecule has 0 spiro atoms. The fourth-order valence-corrected chi connectivity index (χ4v) is 1.43. The number of nitrogens with one attached hydrogen (secondary N) is 1. The Morgan fingerprint density at radius 2 is 2.67 bits per heavy atom. The first-order valence-corrected chi connectivity index (χ1v) is 4.47. The lowest BCUT2D eigenvalue weighted by atomic mass is 10.2. The Balaban J connectivity index is 2.39. The van der Waals surface area contributed by atoms with Crippen LogP contribution in [-0.4, -0.2) is 22.6 Å². The molecule has 0 saturated heterocycles. The Bertz CT molecular complexity index is 248. The van der Waals surface area contributed by atoms with Crippen LogP contribution >= 0.6 is 11.3 Å². The van der Waals surface area contributed by atoms with Gasteiger partial charge in [0.05, 0.1) is 17.7 Å². The van der Waals surface area contributed by atoms with Crippen LogP contribution in [0.3, 0.4) is 0 Å². The van der Waals surface area contributed by atoms with E-state index in [9.17, 15) is 4.79 Å². The first kappa shape index (κ1) is 9.15. The van der Waals surface area contributed by atoms with Crippen LogP contribution in [0.15, 0.2) is 10.9 Å². The molecule has 0 aliphatic carbocycles. The molecule has 1 rings (SSSR count). The van der Waals surface area contributed by atoms with Gasteiger partial charge in [-0.05, 0) is 6.92 Å². The van der Waals surface area contributed by atoms with Crippen molar-refractivity contribution < 1.29 is 9.90 Å². The first-order chi connectivity index (χ1) is 5.70. The van der Waals surface area contributed by atoms with Crippen LogP contribution < -0.4 is 5.32 Å². The molecule has 0 radical (unpaired) electrons. The number of nitrogens with zero attached hydrogens (tertiary/aromatic N) is 1. The van der Waals surface area contributed by atoms with Gasteiger partial charge in [0.25, 0.3) is 0 Å². The highest BCUT2D eigenvalue weighted by Gasteiger charge is 2.07. The average Bonchev–Trinajstić information content (AvgIpc) is 2.51. The summed E-state index contributed by atoms with van der Waals surface area (Å²) < 4.78 is 0. The van der Waals surface area contributed by atoms with Gasteiger partial charge in [0.2, 0.25) is 0 Å². The molecule has 1 aromatic rings. The smallest absolute Gasteiger partial charge is 0.317 e. The summed E-state index contributed by atoms with van der Waals surface area (Å²) in [5.41, 5.74) is 2.62. The van der Waals surface area contributed by atoms with E-state index in [1.807, 2.05) is 12.3 Å². The first-order valence-electron chi connectivity index (χ1n) is 3.53. The summed E-state index contributed by atoms with van der Waals surface area (Å²) in [6.07, 6.45) is 0. The third-order valence-corrected chi connectivity index (χ3v) is 2.06. The number of carboxylic acids is 1. The van der Waals surface area contributed by atoms with E-state index in [4.69, 9.17) is 5.11 Å². The van der Waals surface area contributed by atoms with Crippen molar-refractivity contribution in [2.24, 2.45) is 0 Å². The average molecular weight is 186 g/mol. The van der Waals surface area contributed by atoms with Gasteiger partial charge in [0.1, 0.15) is 0 Å². The zero-order chi connectivity index (χ0) is 8.97. The van der Waals surface area contributed by atoms with Crippen LogP contribution in [-0.2, 0) is 4.79 Å². The van der Waals surface area contributed by atoms with E-state index in [2.05, 4.69) is 10.3 Å². The maximum absolute atomic E-state index is 10.2. The van der Waals surface area contributed by atoms with E-state index in [0.717, 1.165) is 5.69 Å². The van der Waals surface area contributed by atoms with Crippen molar-refractivity contribution in [3.05, 3.63) is 16.6 Å². The van der Waals surface area contributed by atoms with E-state index < -0.39 is 5.97 Å². The SMILES string of the molecule is CC(NCC(=O)O)c1cscn1. The van der Waals surface area contributed by atoms with Crippen LogP contribution in [0.4, 0.5) is 0 Å². The van der Waals surface area contributed by atoms with Crippen LogP contribution in [0.25, 0.3) is 0 Å². The minimum absolute atomic E-state index is 0.00681. The van der Waals surface area contributed by atoms with Crippen LogP contribution in [0.5, 0.6) is 0 Å². The zero-order valence-electron chi connectivity index (χ0n) is 6.65. The predicted molar refractivity (Wildman–Crippen MR) is 46.2 cm³/mol. The zero-order valence-corrected chi connectivity index (χ0v) is 7.47. The summed E-state index contributed by atoms with van der Waals surface area (Å²) in [7, 11) is 0. The molecule has 1 unspecified atom stereocenters. The Morgan fingerprint density at radius 3 is 3.17 bits per heavy atom. The summed E-state index contributed by atoms with van der Waals surface area (Å²) in [6, 6.07) is 0.00681. The van der Waals surface area contributed by atoms with Crippen LogP contribution in [0.1, 0.15) is 18.7 Å². The lowest BCUT2D eigenvalue weighted by Gasteiger charge is -2.07. The maximum atomic E-state index is 10.2. The van der Waals surface area contributed by atoms with Crippen molar-refractivity contribution in [3.63, 3.8) is 0 Å². The second-order valence-electron chi connectivity index (χ2n) is 2.41. The maximum Gasteiger partial charge on any atom is 0.317 e. The molecule has 0 aliphatic rings. The molecule has 1 heterocycles. The van der Waals surface area contributed by atoms with Crippen molar-refractivity contribution >= 4 is 17.3 Å². The third-order valence-electron chi connectivity index (χ3n) is 1.45. The minimum Gasteiger partial charge on any atom is -0.480 e. The van der Waals surface area contributed by atoms with Crippen molar-refractivity contribution in [1.29, 1.82) is 0 Å². The number of aliphatic carboxylic acids is 1. The topological polar surface area (TPSA) is 62.2 Å². The number of thiazole rings is 1. The predicted octanol–water partition coefficient (Wildman–Crippen LogP) is 0.878. The van der Waals surface area contributed by atoms with Gasteiger partial charge in [-0.3, -0.25) is 10.1 Å². The number of hydrogen-bond acceptors (Lipinski definition) is 4. The fraction of sp³-hybridized carbons (Fsp3) is 0.429. The molecule has 0 aromatic carbocycles. The van der Waals surface area contributed by atoms with Crippen molar-refractivity contribution in [1.82, 2.24) is 10.3 Å². The molecule has 12 heavy (non-hydrogen) atoms. The number of carboxylic acid groups (broad SMARTS) is 1. The van der Waals surface area contributed by atoms with Gasteiger partial charge in [-0.2, -0.15) is 0 Å². The van der Waals surface area contributed by atoms with Gasteiger partial charge in [-0.25, -0.2) is 4.98 Å². The van der Waals surface area contributed by atoms with E-state index in [1.165, 1.54) is 11.3 Å². The number of rotatable bonds is 4. The number of aromatic nitrogens is 1. The lowest BCUT2D eigenvalue weighted by molar-refractivity contribution is -0.136. The van der Waals surface area contributed by atoms with Gasteiger partial charge >= 0.3 is 5.97 Å². The Labute approximate surface area is 74.3 Å². The summed E-state index contributed by atoms with van der Waals surface area (Å²) >= 11 is 1.50. The second-order valence-corrected chi connectivity index (χ2v) is 3.13. The van der Waals surface area contributed by atoms with E-state index in [1.54, 1.807) is 5.51 Å². The molecule has 66 valence electrons. The van der Waals surface area contributed by atoms with Gasteiger partial charge < -0.3 is 5.11 Å². The van der Waals surface area contributed by atoms with Crippen molar-refractivity contribution in [2.75, 3.05) is 6.54 Å². The molecule has 0 saturated carbocycles. The number of hydrogen-bond donors (Lipinski definition) is 2. The van der Waals surface area contributed by atoms with Gasteiger partial charge in [0, 0.05) is 11.4 Å². The van der Waals surface area contributed by atoms with E-state index in [-0.39, 0.29) is 12.6 Å². The third kappa shape index (κ3) is 2.60. The van der Waals surface area contributed by atoms with Crippen molar-refractivity contribution in [3.8, 4) is 0 Å². The van der Waals surface area contributed by atoms with Gasteiger partial charge in [-0.15, -0.1) is 11.3 Å². The summed E-state index contributed by atoms with van der Waals surface area (Å²) in [5, 5.41) is 13.1. The standard InChI is InChI=1S/C7H10N2O2S/c1-5(8-2-7(10)11)6-3-12-4-9-6/h3-5,8H,2H2,1H3,(H,10,11). The molecule has 4 nitrogen and oxygen atoms in total. The molecule has 0 amide bonds. The Kier molecular flexibility index (Phi) is 3.19. The highest BCUT2D eigenvalue weighted by molar-refractivity contribution is 7.07. The Morgan fingerprint density at radius 1 is 1.92 bits per heavy atom. The quantitative estimate of drug-likeness (QED) is 0.732. The molecule has 1 atom stereocenters. The Hall–Kier alpha value is -0.940. The summed E-state index contributed by atoms with van der Waals surface area (Å²) in [4.78, 5) is 14.3. The van der Waals surface area contributed by atoms with E-state index in [0.29, 0.717) is 0 Å². The van der Waals surface area contributed by atoms with Crippen molar-refractivity contribution in [2.45, 2.75) is 13.0 Å². The summed E-state index contributed by atoms with van der Waals surface area (Å²) in [6.45, 7) is 1.86. The lowest BCUT2D eigenvalue weighted by Crippen LogP contribution is -2.25. The van der Waals surface area contributed by atoms with Gasteiger partial charge in [-0.1, -0.05) is 0 Å². The second kappa shape index (κ2) is 4.18. The molecular formula is C7H10N2O2S. The normalized spacial score (nSPS) is 12.8. The molecule has 0 fully saturated rings. The monoisotopic (exact) mass is 186 g/mol. The van der Waals surface area contributed by atoms with Gasteiger partial charge in [0.15, 0.2) is 0 Å².